The Morgan fingerprint density at radius 1 is 1.20 bits per heavy atom. The topological polar surface area (TPSA) is 20.3 Å². The van der Waals surface area contributed by atoms with Crippen LogP contribution in [-0.2, 0) is 6.42 Å². The smallest absolute Gasteiger partial charge is 0.179 e. The largest absolute Gasteiger partial charge is 0.292 e. The molecule has 1 aromatic carbocycles. The fourth-order valence-electron chi connectivity index (χ4n) is 2.71. The molecule has 0 N–H and O–H groups in total. The summed E-state index contributed by atoms with van der Waals surface area (Å²) in [6, 6.07) is 8.49. The first-order valence-electron chi connectivity index (χ1n) is 7.91. The molecule has 1 aliphatic carbocycles. The number of hydrogen-bond donors (Lipinski definition) is 0. The highest BCUT2D eigenvalue weighted by molar-refractivity contribution is 5.99. The van der Waals surface area contributed by atoms with Gasteiger partial charge in [-0.15, -0.1) is 0 Å². The molecule has 1 aromatic rings. The van der Waals surface area contributed by atoms with Gasteiger partial charge in [-0.3, -0.25) is 9.69 Å². The molecule has 0 saturated heterocycles. The Kier molecular flexibility index (Phi) is 4.98. The van der Waals surface area contributed by atoms with Crippen molar-refractivity contribution in [1.82, 2.24) is 4.90 Å². The number of rotatable bonds is 7. The number of nitrogens with zero attached hydrogens (tertiary/aromatic N) is 1. The summed E-state index contributed by atoms with van der Waals surface area (Å²) in [5, 5.41) is 0. The monoisotopic (exact) mass is 273 g/mol. The summed E-state index contributed by atoms with van der Waals surface area (Å²) < 4.78 is 0. The number of carbonyl (C=O) groups is 1. The summed E-state index contributed by atoms with van der Waals surface area (Å²) >= 11 is 0. The van der Waals surface area contributed by atoms with E-state index in [0.717, 1.165) is 24.4 Å². The molecular formula is C18H27NO. The van der Waals surface area contributed by atoms with Crippen LogP contribution >= 0.6 is 0 Å². The molecule has 0 heterocycles. The van der Waals surface area contributed by atoms with Crippen LogP contribution in [0.25, 0.3) is 0 Å². The van der Waals surface area contributed by atoms with E-state index >= 15 is 0 Å². The zero-order valence-corrected chi connectivity index (χ0v) is 13.2. The Balaban J connectivity index is 2.07. The number of benzene rings is 1. The number of aryl methyl sites for hydroxylation is 1. The quantitative estimate of drug-likeness (QED) is 0.701. The highest BCUT2D eigenvalue weighted by atomic mass is 16.1. The van der Waals surface area contributed by atoms with Gasteiger partial charge in [0.25, 0.3) is 0 Å². The van der Waals surface area contributed by atoms with Crippen LogP contribution < -0.4 is 0 Å². The molecule has 1 fully saturated rings. The summed E-state index contributed by atoms with van der Waals surface area (Å²) in [7, 11) is 0. The molecule has 2 nitrogen and oxygen atoms in total. The second-order valence-corrected chi connectivity index (χ2v) is 6.32. The minimum absolute atomic E-state index is 0.0249. The molecule has 0 radical (unpaired) electrons. The highest BCUT2D eigenvalue weighted by Gasteiger charge is 2.30. The lowest BCUT2D eigenvalue weighted by Gasteiger charge is -2.32. The molecule has 2 rings (SSSR count). The minimum atomic E-state index is -0.0249. The van der Waals surface area contributed by atoms with E-state index in [1.807, 2.05) is 12.1 Å². The predicted octanol–water partition coefficient (Wildman–Crippen LogP) is 3.94. The van der Waals surface area contributed by atoms with Crippen LogP contribution in [0.1, 0.15) is 56.5 Å². The van der Waals surface area contributed by atoms with Crippen molar-refractivity contribution in [2.24, 2.45) is 5.92 Å². The van der Waals surface area contributed by atoms with E-state index in [0.29, 0.717) is 6.04 Å². The predicted molar refractivity (Wildman–Crippen MR) is 84.2 cm³/mol. The maximum absolute atomic E-state index is 12.7. The van der Waals surface area contributed by atoms with Crippen LogP contribution in [0.5, 0.6) is 0 Å². The molecular weight excluding hydrogens is 246 g/mol. The summed E-state index contributed by atoms with van der Waals surface area (Å²) in [6.07, 6.45) is 3.68. The third kappa shape index (κ3) is 3.69. The van der Waals surface area contributed by atoms with Gasteiger partial charge in [0.15, 0.2) is 5.78 Å². The van der Waals surface area contributed by atoms with Gasteiger partial charge in [-0.05, 0) is 51.5 Å². The van der Waals surface area contributed by atoms with Gasteiger partial charge >= 0.3 is 0 Å². The fraction of sp³-hybridized carbons (Fsp3) is 0.611. The second kappa shape index (κ2) is 6.53. The lowest BCUT2D eigenvalue weighted by atomic mass is 10.0. The van der Waals surface area contributed by atoms with Crippen molar-refractivity contribution >= 4 is 5.78 Å². The van der Waals surface area contributed by atoms with Gasteiger partial charge in [0.2, 0.25) is 0 Å². The zero-order valence-electron chi connectivity index (χ0n) is 13.2. The Hall–Kier alpha value is -1.15. The molecule has 1 aliphatic rings. The Morgan fingerprint density at radius 2 is 1.80 bits per heavy atom. The minimum Gasteiger partial charge on any atom is -0.292 e. The van der Waals surface area contributed by atoms with Crippen molar-refractivity contribution in [3.63, 3.8) is 0 Å². The molecule has 1 unspecified atom stereocenters. The van der Waals surface area contributed by atoms with Crippen molar-refractivity contribution in [3.8, 4) is 0 Å². The van der Waals surface area contributed by atoms with Gasteiger partial charge in [-0.25, -0.2) is 0 Å². The van der Waals surface area contributed by atoms with Crippen LogP contribution in [0.15, 0.2) is 24.3 Å². The first kappa shape index (κ1) is 15.2. The summed E-state index contributed by atoms with van der Waals surface area (Å²) in [6.45, 7) is 9.63. The molecule has 0 aromatic heterocycles. The van der Waals surface area contributed by atoms with Gasteiger partial charge in [0.05, 0.1) is 6.04 Å². The van der Waals surface area contributed by atoms with Crippen LogP contribution in [-0.4, -0.2) is 29.3 Å². The zero-order chi connectivity index (χ0) is 14.7. The number of ketones is 1. The lowest BCUT2D eigenvalue weighted by molar-refractivity contribution is 0.0778. The van der Waals surface area contributed by atoms with E-state index in [1.54, 1.807) is 0 Å². The van der Waals surface area contributed by atoms with Gasteiger partial charge in [-0.2, -0.15) is 0 Å². The first-order valence-corrected chi connectivity index (χ1v) is 7.91. The van der Waals surface area contributed by atoms with Crippen LogP contribution in [0.3, 0.4) is 0 Å². The third-order valence-corrected chi connectivity index (χ3v) is 4.35. The summed E-state index contributed by atoms with van der Waals surface area (Å²) in [4.78, 5) is 15.0. The van der Waals surface area contributed by atoms with Crippen LogP contribution in [0.2, 0.25) is 0 Å². The fourth-order valence-corrected chi connectivity index (χ4v) is 2.71. The van der Waals surface area contributed by atoms with Crippen LogP contribution in [0, 0.1) is 5.92 Å². The lowest BCUT2D eigenvalue weighted by Crippen LogP contribution is -2.44. The van der Waals surface area contributed by atoms with Gasteiger partial charge in [-0.1, -0.05) is 31.2 Å². The average Bonchev–Trinajstić information content (AvgIpc) is 3.27. The van der Waals surface area contributed by atoms with E-state index in [1.165, 1.54) is 18.4 Å². The van der Waals surface area contributed by atoms with Crippen molar-refractivity contribution in [2.45, 2.75) is 59.0 Å². The SMILES string of the molecule is CCc1ccc(C(=O)C(C)N(CC2CC2)C(C)C)cc1. The van der Waals surface area contributed by atoms with E-state index < -0.39 is 0 Å². The molecule has 1 atom stereocenters. The molecule has 0 bridgehead atoms. The molecule has 0 aliphatic heterocycles. The summed E-state index contributed by atoms with van der Waals surface area (Å²) in [5.41, 5.74) is 2.13. The van der Waals surface area contributed by atoms with Gasteiger partial charge < -0.3 is 0 Å². The Morgan fingerprint density at radius 3 is 2.25 bits per heavy atom. The Labute approximate surface area is 123 Å². The normalized spacial score (nSPS) is 16.7. The standard InChI is InChI=1S/C18H27NO/c1-5-15-8-10-17(11-9-15)18(20)14(4)19(13(2)3)12-16-6-7-16/h8-11,13-14,16H,5-7,12H2,1-4H3. The number of hydrogen-bond acceptors (Lipinski definition) is 2. The molecule has 110 valence electrons. The van der Waals surface area contributed by atoms with Crippen molar-refractivity contribution in [2.75, 3.05) is 6.54 Å². The summed E-state index contributed by atoms with van der Waals surface area (Å²) in [5.74, 6) is 1.07. The van der Waals surface area contributed by atoms with Crippen molar-refractivity contribution < 1.29 is 4.79 Å². The number of carbonyl (C=O) groups excluding carboxylic acids is 1. The van der Waals surface area contributed by atoms with E-state index in [-0.39, 0.29) is 11.8 Å². The van der Waals surface area contributed by atoms with Crippen molar-refractivity contribution in [3.05, 3.63) is 35.4 Å². The van der Waals surface area contributed by atoms with Crippen molar-refractivity contribution in [1.29, 1.82) is 0 Å². The molecule has 20 heavy (non-hydrogen) atoms. The average molecular weight is 273 g/mol. The van der Waals surface area contributed by atoms with Gasteiger partial charge in [0, 0.05) is 18.2 Å². The van der Waals surface area contributed by atoms with E-state index in [2.05, 4.69) is 44.7 Å². The molecule has 0 spiro atoms. The van der Waals surface area contributed by atoms with E-state index in [4.69, 9.17) is 0 Å². The molecule has 0 amide bonds. The molecule has 2 heteroatoms. The third-order valence-electron chi connectivity index (χ3n) is 4.35. The highest BCUT2D eigenvalue weighted by Crippen LogP contribution is 2.31. The van der Waals surface area contributed by atoms with Crippen LogP contribution in [0.4, 0.5) is 0 Å². The molecule has 1 saturated carbocycles. The number of Topliss-reactive ketones (excluding diaryl/α,β-unsaturated/α-hetero) is 1. The first-order chi connectivity index (χ1) is 9.52. The Bertz CT molecular complexity index is 445. The maximum Gasteiger partial charge on any atom is 0.179 e. The maximum atomic E-state index is 12.7. The van der Waals surface area contributed by atoms with E-state index in [9.17, 15) is 4.79 Å². The second-order valence-electron chi connectivity index (χ2n) is 6.32. The van der Waals surface area contributed by atoms with Gasteiger partial charge in [0.1, 0.15) is 0 Å².